The lowest BCUT2D eigenvalue weighted by Crippen LogP contribution is -2.09. The number of esters is 2. The van der Waals surface area contributed by atoms with Crippen LogP contribution in [-0.4, -0.2) is 94.5 Å². The minimum absolute atomic E-state index is 0.0300. The Morgan fingerprint density at radius 3 is 1.02 bits per heavy atom. The van der Waals surface area contributed by atoms with Crippen LogP contribution in [0.25, 0.3) is 0 Å². The zero-order chi connectivity index (χ0) is 30.8. The molecule has 0 aliphatic carbocycles. The smallest absolute Gasteiger partial charge is 0.305 e. The van der Waals surface area contributed by atoms with Gasteiger partial charge in [0.2, 0.25) is 0 Å². The summed E-state index contributed by atoms with van der Waals surface area (Å²) in [6, 6.07) is 0. The van der Waals surface area contributed by atoms with Crippen LogP contribution in [0.15, 0.2) is 37.4 Å². The number of carbonyl (C=O) groups is 2. The van der Waals surface area contributed by atoms with Gasteiger partial charge in [0.15, 0.2) is 0 Å². The second-order valence-electron chi connectivity index (χ2n) is 7.90. The van der Waals surface area contributed by atoms with Gasteiger partial charge in [-0.15, -0.1) is 20.4 Å². The van der Waals surface area contributed by atoms with Crippen LogP contribution in [0.1, 0.15) is 54.4 Å². The van der Waals surface area contributed by atoms with Crippen molar-refractivity contribution in [3.05, 3.63) is 37.4 Å². The van der Waals surface area contributed by atoms with Crippen molar-refractivity contribution in [2.45, 2.75) is 66.6 Å². The van der Waals surface area contributed by atoms with Gasteiger partial charge < -0.3 is 9.47 Å². The largest absolute Gasteiger partial charge is 0.463 e. The minimum Gasteiger partial charge on any atom is -0.463 e. The van der Waals surface area contributed by atoms with E-state index in [1.54, 1.807) is 62.1 Å². The molecule has 0 saturated carbocycles. The molecule has 18 heteroatoms. The Labute approximate surface area is 234 Å². The molecule has 0 N–H and O–H groups in total. The van der Waals surface area contributed by atoms with Gasteiger partial charge in [0.05, 0.1) is 24.6 Å². The topological polar surface area (TPSA) is 201 Å². The summed E-state index contributed by atoms with van der Waals surface area (Å²) in [5.74, 6) is -0.250. The number of aromatic nitrogens is 14. The Balaban J connectivity index is 0. The molecule has 0 radical (unpaired) electrons. The Hall–Kier alpha value is -4.64. The first-order chi connectivity index (χ1) is 18.9. The van der Waals surface area contributed by atoms with Gasteiger partial charge in [0.1, 0.15) is 12.7 Å². The fraction of sp³-hybridized carbons (Fsp3) is 0.636. The maximum atomic E-state index is 10.4. The van der Waals surface area contributed by atoms with Gasteiger partial charge in [0.25, 0.3) is 0 Å². The molecule has 0 aromatic carbocycles. The first kappa shape index (κ1) is 37.5. The molecule has 0 unspecified atom stereocenters. The molecule has 0 aliphatic rings. The van der Waals surface area contributed by atoms with E-state index in [1.165, 1.54) is 22.0 Å². The zero-order valence-corrected chi connectivity index (χ0v) is 24.9. The summed E-state index contributed by atoms with van der Waals surface area (Å²) in [4.78, 5) is 20.8. The molecule has 224 valence electrons. The predicted octanol–water partition coefficient (Wildman–Crippen LogP) is 0.746. The molecule has 0 aliphatic heterocycles. The maximum Gasteiger partial charge on any atom is 0.305 e. The van der Waals surface area contributed by atoms with Gasteiger partial charge in [-0.1, -0.05) is 24.3 Å². The Morgan fingerprint density at radius 1 is 0.600 bits per heavy atom. The van der Waals surface area contributed by atoms with E-state index < -0.39 is 0 Å². The predicted molar refractivity (Wildman–Crippen MR) is 143 cm³/mol. The molecule has 4 aromatic heterocycles. The lowest BCUT2D eigenvalue weighted by atomic mass is 10.4. The molecule has 0 saturated heterocycles. The van der Waals surface area contributed by atoms with Gasteiger partial charge in [-0.3, -0.25) is 19.0 Å². The van der Waals surface area contributed by atoms with Crippen LogP contribution in [0.5, 0.6) is 0 Å². The number of hydrogen-bond acceptors (Lipinski definition) is 14. The van der Waals surface area contributed by atoms with Crippen LogP contribution in [-0.2, 0) is 47.3 Å². The molecule has 4 rings (SSSR count). The summed E-state index contributed by atoms with van der Waals surface area (Å²) in [5.41, 5.74) is 0. The molecule has 18 nitrogen and oxygen atoms in total. The highest BCUT2D eigenvalue weighted by Crippen LogP contribution is 1.91. The van der Waals surface area contributed by atoms with Crippen molar-refractivity contribution < 1.29 is 19.1 Å². The Morgan fingerprint density at radius 2 is 0.950 bits per heavy atom. The number of tetrazole rings is 2. The van der Waals surface area contributed by atoms with Crippen molar-refractivity contribution in [2.75, 3.05) is 0 Å². The van der Waals surface area contributed by atoms with Crippen molar-refractivity contribution >= 4 is 11.9 Å². The number of hydrogen-bond donors (Lipinski definition) is 0. The summed E-state index contributed by atoms with van der Waals surface area (Å²) in [7, 11) is 7.18. The van der Waals surface area contributed by atoms with Crippen molar-refractivity contribution in [1.29, 1.82) is 0 Å². The highest BCUT2D eigenvalue weighted by molar-refractivity contribution is 5.69. The SMILES string of the molecule is CCC(=O)OC(C)C.CCC(=O)OC(C)C.Cn1ccnn1.Cn1ccnn1.Cn1cnnn1.Cn1cnnn1. The number of aryl methyl sites for hydroxylation is 4. The van der Waals surface area contributed by atoms with Gasteiger partial charge in [-0.25, -0.2) is 9.36 Å². The van der Waals surface area contributed by atoms with E-state index in [0.717, 1.165) is 0 Å². The monoisotopic (exact) mass is 566 g/mol. The number of nitrogens with zero attached hydrogens (tertiary/aromatic N) is 14. The first-order valence-corrected chi connectivity index (χ1v) is 12.2. The van der Waals surface area contributed by atoms with Crippen molar-refractivity contribution in [3.8, 4) is 0 Å². The number of ether oxygens (including phenoxy) is 2. The Kier molecular flexibility index (Phi) is 23.1. The second kappa shape index (κ2) is 24.7. The van der Waals surface area contributed by atoms with Crippen LogP contribution in [0.4, 0.5) is 0 Å². The van der Waals surface area contributed by atoms with Crippen LogP contribution in [0.3, 0.4) is 0 Å². The highest BCUT2D eigenvalue weighted by atomic mass is 16.5. The third-order valence-corrected chi connectivity index (χ3v) is 3.30. The molecular weight excluding hydrogens is 524 g/mol. The molecule has 0 fully saturated rings. The average Bonchev–Trinajstić information content (AvgIpc) is 3.72. The summed E-state index contributed by atoms with van der Waals surface area (Å²) in [6.45, 7) is 10.9. The zero-order valence-electron chi connectivity index (χ0n) is 24.9. The van der Waals surface area contributed by atoms with Crippen molar-refractivity contribution in [2.24, 2.45) is 28.2 Å². The lowest BCUT2D eigenvalue weighted by molar-refractivity contribution is -0.147. The third kappa shape index (κ3) is 27.9. The van der Waals surface area contributed by atoms with E-state index in [2.05, 4.69) is 51.7 Å². The third-order valence-electron chi connectivity index (χ3n) is 3.30. The van der Waals surface area contributed by atoms with E-state index in [-0.39, 0.29) is 24.1 Å². The molecule has 0 atom stereocenters. The van der Waals surface area contributed by atoms with E-state index in [1.807, 2.05) is 41.8 Å². The van der Waals surface area contributed by atoms with Crippen LogP contribution in [0, 0.1) is 0 Å². The lowest BCUT2D eigenvalue weighted by Gasteiger charge is -2.04. The quantitative estimate of drug-likeness (QED) is 0.313. The maximum absolute atomic E-state index is 10.4. The summed E-state index contributed by atoms with van der Waals surface area (Å²) in [6.07, 6.45) is 10.9. The molecule has 40 heavy (non-hydrogen) atoms. The average molecular weight is 567 g/mol. The second-order valence-corrected chi connectivity index (χ2v) is 7.90. The molecule has 0 amide bonds. The molecule has 0 bridgehead atoms. The van der Waals surface area contributed by atoms with E-state index >= 15 is 0 Å². The minimum atomic E-state index is -0.125. The molecule has 4 heterocycles. The van der Waals surface area contributed by atoms with Gasteiger partial charge in [0, 0.05) is 53.4 Å². The molecule has 4 aromatic rings. The van der Waals surface area contributed by atoms with E-state index in [4.69, 9.17) is 9.47 Å². The van der Waals surface area contributed by atoms with Crippen molar-refractivity contribution in [1.82, 2.24) is 70.4 Å². The number of rotatable bonds is 4. The Bertz CT molecular complexity index is 901. The normalized spacial score (nSPS) is 9.10. The van der Waals surface area contributed by atoms with Crippen molar-refractivity contribution in [3.63, 3.8) is 0 Å². The molecular formula is C22H42N14O4. The summed E-state index contributed by atoms with van der Waals surface area (Å²) < 4.78 is 15.9. The fourth-order valence-corrected chi connectivity index (χ4v) is 1.64. The van der Waals surface area contributed by atoms with Crippen LogP contribution in [0.2, 0.25) is 0 Å². The van der Waals surface area contributed by atoms with Gasteiger partial charge in [-0.05, 0) is 48.5 Å². The highest BCUT2D eigenvalue weighted by Gasteiger charge is 1.99. The van der Waals surface area contributed by atoms with Crippen LogP contribution < -0.4 is 0 Å². The summed E-state index contributed by atoms with van der Waals surface area (Å²) >= 11 is 0. The summed E-state index contributed by atoms with van der Waals surface area (Å²) in [5, 5.41) is 34.6. The van der Waals surface area contributed by atoms with Gasteiger partial charge >= 0.3 is 11.9 Å². The number of carbonyl (C=O) groups excluding carboxylic acids is 2. The van der Waals surface area contributed by atoms with E-state index in [9.17, 15) is 9.59 Å². The standard InChI is InChI=1S/2C6H12O2.2C3H5N3.2C2H4N4/c2*1-4-6(7)8-5(2)3;2*1-6-3-2-4-5-6;2*1-6-2-3-4-5-6/h2*5H,4H2,1-3H3;2*2-3H,1H3;2*2H,1H3. The van der Waals surface area contributed by atoms with Crippen LogP contribution >= 0.6 is 0 Å². The first-order valence-electron chi connectivity index (χ1n) is 12.2. The fourth-order valence-electron chi connectivity index (χ4n) is 1.64. The molecule has 0 spiro atoms. The van der Waals surface area contributed by atoms with Gasteiger partial charge in [-0.2, -0.15) is 0 Å². The van der Waals surface area contributed by atoms with E-state index in [0.29, 0.717) is 12.8 Å².